The van der Waals surface area contributed by atoms with Crippen molar-refractivity contribution >= 4 is 39.7 Å². The van der Waals surface area contributed by atoms with Crippen molar-refractivity contribution in [3.63, 3.8) is 0 Å². The van der Waals surface area contributed by atoms with Crippen LogP contribution >= 0.6 is 12.4 Å². The van der Waals surface area contributed by atoms with Gasteiger partial charge in [-0.05, 0) is 52.6 Å². The third-order valence-corrected chi connectivity index (χ3v) is 6.46. The highest BCUT2D eigenvalue weighted by molar-refractivity contribution is 7.92. The van der Waals surface area contributed by atoms with Crippen LogP contribution in [0.3, 0.4) is 0 Å². The van der Waals surface area contributed by atoms with Gasteiger partial charge in [0.05, 0.1) is 19.9 Å². The van der Waals surface area contributed by atoms with Crippen LogP contribution in [0, 0.1) is 0 Å². The Morgan fingerprint density at radius 1 is 0.917 bits per heavy atom. The van der Waals surface area contributed by atoms with Crippen molar-refractivity contribution in [2.75, 3.05) is 33.8 Å². The van der Waals surface area contributed by atoms with Crippen LogP contribution in [0.25, 0.3) is 11.1 Å². The predicted molar refractivity (Wildman–Crippen MR) is 146 cm³/mol. The number of benzene rings is 3. The first kappa shape index (κ1) is 27.0. The topological polar surface area (TPSA) is 107 Å². The molecule has 3 aromatic carbocycles. The van der Waals surface area contributed by atoms with E-state index in [2.05, 4.69) is 9.36 Å². The Balaban J connectivity index is 0.00000361. The molecule has 4 rings (SSSR count). The Morgan fingerprint density at radius 2 is 1.58 bits per heavy atom. The number of halogens is 1. The molecule has 2 N–H and O–H groups in total. The van der Waals surface area contributed by atoms with Gasteiger partial charge < -0.3 is 15.2 Å². The fourth-order valence-electron chi connectivity index (χ4n) is 4.11. The van der Waals surface area contributed by atoms with E-state index in [4.69, 9.17) is 15.2 Å². The summed E-state index contributed by atoms with van der Waals surface area (Å²) in [5, 5.41) is 0. The lowest BCUT2D eigenvalue weighted by atomic mass is 9.81. The van der Waals surface area contributed by atoms with Crippen molar-refractivity contribution in [2.45, 2.75) is 5.54 Å². The number of nitrogens with two attached hydrogens (primary N) is 1. The fourth-order valence-corrected chi connectivity index (χ4v) is 4.73. The van der Waals surface area contributed by atoms with Crippen molar-refractivity contribution in [3.05, 3.63) is 77.9 Å². The minimum Gasteiger partial charge on any atom is -0.497 e. The lowest BCUT2D eigenvalue weighted by Crippen LogP contribution is -2.41. The maximum atomic E-state index is 13.6. The summed E-state index contributed by atoms with van der Waals surface area (Å²) in [5.41, 5.74) is 8.27. The van der Waals surface area contributed by atoms with E-state index in [1.165, 1.54) is 4.90 Å². The van der Waals surface area contributed by atoms with Crippen molar-refractivity contribution in [1.29, 1.82) is 0 Å². The zero-order chi connectivity index (χ0) is 25.4. The van der Waals surface area contributed by atoms with Crippen LogP contribution in [0.5, 0.6) is 11.5 Å². The van der Waals surface area contributed by atoms with Gasteiger partial charge in [0, 0.05) is 35.4 Å². The Labute approximate surface area is 217 Å². The summed E-state index contributed by atoms with van der Waals surface area (Å²) in [6.07, 6.45) is 3.16. The lowest BCUT2D eigenvalue weighted by Gasteiger charge is -2.26. The van der Waals surface area contributed by atoms with Gasteiger partial charge in [-0.25, -0.2) is 9.20 Å². The second-order valence-electron chi connectivity index (χ2n) is 8.55. The molecule has 0 aromatic heterocycles. The number of hydrogen-bond donors (Lipinski definition) is 1. The highest BCUT2D eigenvalue weighted by atomic mass is 35.5. The van der Waals surface area contributed by atoms with Crippen molar-refractivity contribution < 1.29 is 18.5 Å². The van der Waals surface area contributed by atoms with E-state index in [-0.39, 0.29) is 24.3 Å². The zero-order valence-electron chi connectivity index (χ0n) is 20.7. The van der Waals surface area contributed by atoms with Gasteiger partial charge in [0.2, 0.25) is 0 Å². The molecule has 0 saturated carbocycles. The molecule has 1 unspecified atom stereocenters. The summed E-state index contributed by atoms with van der Waals surface area (Å²) in [6.45, 7) is 0. The van der Waals surface area contributed by atoms with E-state index >= 15 is 0 Å². The highest BCUT2D eigenvalue weighted by Gasteiger charge is 2.49. The molecular formula is C26H29ClN4O4S. The van der Waals surface area contributed by atoms with Gasteiger partial charge in [-0.15, -0.1) is 12.4 Å². The Bertz CT molecular complexity index is 1440. The molecule has 3 aromatic rings. The van der Waals surface area contributed by atoms with Crippen LogP contribution in [0.15, 0.2) is 76.1 Å². The number of methoxy groups -OCH3 is 2. The van der Waals surface area contributed by atoms with E-state index in [1.54, 1.807) is 52.0 Å². The number of aliphatic imine (C=N–C) groups is 1. The normalized spacial score (nSPS) is 17.3. The molecular weight excluding hydrogens is 500 g/mol. The summed E-state index contributed by atoms with van der Waals surface area (Å²) in [6, 6.07) is 20.2. The number of guanidine groups is 1. The third kappa shape index (κ3) is 5.03. The molecule has 8 nitrogen and oxygen atoms in total. The number of nitrogens with zero attached hydrogens (tertiary/aromatic N) is 3. The molecule has 0 bridgehead atoms. The van der Waals surface area contributed by atoms with Gasteiger partial charge in [-0.1, -0.05) is 30.3 Å². The molecule has 190 valence electrons. The average Bonchev–Trinajstić information content (AvgIpc) is 3.07. The van der Waals surface area contributed by atoms with Crippen molar-refractivity contribution in [3.8, 4) is 22.6 Å². The molecule has 0 fully saturated rings. The Morgan fingerprint density at radius 3 is 2.14 bits per heavy atom. The number of hydrogen-bond acceptors (Lipinski definition) is 7. The van der Waals surface area contributed by atoms with Crippen LogP contribution in [0.2, 0.25) is 0 Å². The Kier molecular flexibility index (Phi) is 7.66. The predicted octanol–water partition coefficient (Wildman–Crippen LogP) is 4.18. The molecule has 1 aliphatic heterocycles. The summed E-state index contributed by atoms with van der Waals surface area (Å²) in [5.74, 6) is 1.14. The summed E-state index contributed by atoms with van der Waals surface area (Å²) in [7, 11) is 2.40. The second kappa shape index (κ2) is 10.2. The van der Waals surface area contributed by atoms with Crippen LogP contribution in [-0.2, 0) is 20.1 Å². The molecule has 0 spiro atoms. The SMILES string of the molecule is COc1ccc(C2(c3cccc(-c4cc(N=S(C)(C)=O)cc(OC)c4)c3)N=C(N)N(C)C2=O)cc1.Cl. The molecule has 0 aliphatic carbocycles. The Hall–Kier alpha value is -3.56. The quantitative estimate of drug-likeness (QED) is 0.516. The number of rotatable bonds is 6. The maximum absolute atomic E-state index is 13.6. The largest absolute Gasteiger partial charge is 0.497 e. The zero-order valence-corrected chi connectivity index (χ0v) is 22.4. The maximum Gasteiger partial charge on any atom is 0.266 e. The van der Waals surface area contributed by atoms with Crippen molar-refractivity contribution in [2.24, 2.45) is 15.1 Å². The van der Waals surface area contributed by atoms with E-state index < -0.39 is 15.3 Å². The van der Waals surface area contributed by atoms with Crippen LogP contribution in [0.4, 0.5) is 5.69 Å². The van der Waals surface area contributed by atoms with Crippen LogP contribution in [-0.4, -0.2) is 54.8 Å². The van der Waals surface area contributed by atoms with Gasteiger partial charge in [0.15, 0.2) is 11.5 Å². The molecule has 0 saturated heterocycles. The van der Waals surface area contributed by atoms with E-state index in [9.17, 15) is 9.00 Å². The summed E-state index contributed by atoms with van der Waals surface area (Å²) < 4.78 is 27.4. The number of amides is 1. The minimum atomic E-state index is -2.37. The van der Waals surface area contributed by atoms with E-state index in [0.29, 0.717) is 28.3 Å². The number of carbonyl (C=O) groups excluding carboxylic acids is 1. The fraction of sp³-hybridized carbons (Fsp3) is 0.231. The van der Waals surface area contributed by atoms with E-state index in [1.807, 2.05) is 48.5 Å². The first-order valence-corrected chi connectivity index (χ1v) is 13.2. The average molecular weight is 529 g/mol. The molecule has 1 heterocycles. The van der Waals surface area contributed by atoms with Crippen LogP contribution < -0.4 is 15.2 Å². The molecule has 1 amide bonds. The smallest absolute Gasteiger partial charge is 0.266 e. The van der Waals surface area contributed by atoms with Gasteiger partial charge in [-0.3, -0.25) is 9.69 Å². The standard InChI is InChI=1S/C26H28N4O4S.ClH/c1-30-24(31)26(28-25(30)27,19-9-11-22(33-2)12-10-19)20-8-6-7-17(13-20)18-14-21(29-35(4,5)32)16-23(15-18)34-3;/h6-16H,1-5H3,(H2,27,28);1H. The molecule has 1 aliphatic rings. The second-order valence-corrected chi connectivity index (χ2v) is 11.1. The van der Waals surface area contributed by atoms with Gasteiger partial charge in [0.1, 0.15) is 11.5 Å². The number of ether oxygens (including phenoxy) is 2. The first-order valence-electron chi connectivity index (χ1n) is 10.8. The summed E-state index contributed by atoms with van der Waals surface area (Å²) >= 11 is 0. The first-order chi connectivity index (χ1) is 16.6. The summed E-state index contributed by atoms with van der Waals surface area (Å²) in [4.78, 5) is 19.6. The van der Waals surface area contributed by atoms with Gasteiger partial charge in [0.25, 0.3) is 5.91 Å². The molecule has 1 atom stereocenters. The molecule has 0 radical (unpaired) electrons. The van der Waals surface area contributed by atoms with Crippen LogP contribution in [0.1, 0.15) is 11.1 Å². The van der Waals surface area contributed by atoms with E-state index in [0.717, 1.165) is 11.1 Å². The lowest BCUT2D eigenvalue weighted by molar-refractivity contribution is -0.129. The van der Waals surface area contributed by atoms with Crippen molar-refractivity contribution in [1.82, 2.24) is 4.90 Å². The number of likely N-dealkylation sites (N-methyl/N-ethyl adjacent to an activating group) is 1. The highest BCUT2D eigenvalue weighted by Crippen LogP contribution is 2.41. The van der Waals surface area contributed by atoms with Gasteiger partial charge >= 0.3 is 0 Å². The van der Waals surface area contributed by atoms with Gasteiger partial charge in [-0.2, -0.15) is 4.36 Å². The molecule has 10 heteroatoms. The number of carbonyl (C=O) groups is 1. The third-order valence-electron chi connectivity index (χ3n) is 5.81. The molecule has 36 heavy (non-hydrogen) atoms. The minimum absolute atomic E-state index is 0. The monoisotopic (exact) mass is 528 g/mol.